The molecule has 4 aliphatic rings. The third kappa shape index (κ3) is 6.12. The van der Waals surface area contributed by atoms with Crippen molar-refractivity contribution in [1.82, 2.24) is 0 Å². The Morgan fingerprint density at radius 3 is 1.98 bits per heavy atom. The van der Waals surface area contributed by atoms with Crippen molar-refractivity contribution >= 4 is 39.2 Å². The van der Waals surface area contributed by atoms with Crippen molar-refractivity contribution < 1.29 is 8.85 Å². The Hall–Kier alpha value is 0.824. The highest BCUT2D eigenvalue weighted by Gasteiger charge is 2.62. The average Bonchev–Trinajstić information content (AvgIpc) is 3.19. The molecule has 0 radical (unpaired) electrons. The molecular weight excluding hydrogens is 659 g/mol. The second kappa shape index (κ2) is 11.8. The molecule has 0 aromatic heterocycles. The fraction of sp³-hybridized carbons (Fsp3) is 0.946. The van der Waals surface area contributed by atoms with Crippen LogP contribution >= 0.6 is 22.6 Å². The molecule has 4 rings (SSSR count). The maximum Gasteiger partial charge on any atom is 0.192 e. The maximum absolute atomic E-state index is 7.58. The van der Waals surface area contributed by atoms with Crippen LogP contribution < -0.4 is 0 Å². The minimum Gasteiger partial charge on any atom is -0.414 e. The van der Waals surface area contributed by atoms with Gasteiger partial charge in [-0.05, 0) is 122 Å². The molecule has 0 heterocycles. The third-order valence-electron chi connectivity index (χ3n) is 14.5. The Morgan fingerprint density at radius 2 is 1.43 bits per heavy atom. The van der Waals surface area contributed by atoms with Gasteiger partial charge >= 0.3 is 0 Å². The van der Waals surface area contributed by atoms with Crippen LogP contribution in [0.4, 0.5) is 0 Å². The van der Waals surface area contributed by atoms with Crippen LogP contribution in [0.3, 0.4) is 0 Å². The van der Waals surface area contributed by atoms with Crippen molar-refractivity contribution in [3.05, 3.63) is 11.6 Å². The van der Waals surface area contributed by atoms with Crippen molar-refractivity contribution in [2.24, 2.45) is 46.3 Å². The Balaban J connectivity index is 1.69. The first-order chi connectivity index (χ1) is 19.0. The van der Waals surface area contributed by atoms with Crippen LogP contribution in [0.15, 0.2) is 11.6 Å². The number of fused-ring (bicyclic) bond motifs is 5. The molecule has 1 unspecified atom stereocenters. The quantitative estimate of drug-likeness (QED) is 0.112. The SMILES string of the molecule is CC(C)C(I)[C@@H](C)[C@H]1CC[C@H]2[C@@H]3CC=C4C[C@@H](O[Si](C)(C)C(C)(C)C)C[C@H](O[Si](C)(C)C(C)(C)C)[C@]4(C)[C@H]3CC[C@]12C. The average molecular weight is 729 g/mol. The summed E-state index contributed by atoms with van der Waals surface area (Å²) in [6.45, 7) is 37.1. The highest BCUT2D eigenvalue weighted by molar-refractivity contribution is 14.1. The minimum atomic E-state index is -1.96. The number of hydrogen-bond acceptors (Lipinski definition) is 2. The molecule has 3 saturated carbocycles. The van der Waals surface area contributed by atoms with Crippen LogP contribution in [-0.2, 0) is 8.85 Å². The van der Waals surface area contributed by atoms with E-state index in [2.05, 4.69) is 131 Å². The third-order valence-corrected chi connectivity index (χ3v) is 26.1. The standard InChI is InChI=1S/C37H69IO2Si2/c1-24(2)33(38)25(3)29-18-19-30-28-17-16-26-22-27(39-41(12,13)34(4,5)6)23-32(40-42(14,15)35(7,8)9)37(26,11)31(28)20-21-36(29,30)10/h16,24-25,27-33H,17-23H2,1-15H3/t25-,27+,28-,29+,30-,31-,32-,33?,36+,37-/m0/s1. The molecule has 0 aromatic rings. The lowest BCUT2D eigenvalue weighted by Crippen LogP contribution is -2.60. The van der Waals surface area contributed by atoms with E-state index in [-0.39, 0.29) is 21.6 Å². The highest BCUT2D eigenvalue weighted by Crippen LogP contribution is 2.68. The zero-order valence-corrected chi connectivity index (χ0v) is 34.6. The van der Waals surface area contributed by atoms with Crippen molar-refractivity contribution in [2.45, 2.75) is 174 Å². The van der Waals surface area contributed by atoms with Crippen molar-refractivity contribution in [3.8, 4) is 0 Å². The lowest BCUT2D eigenvalue weighted by molar-refractivity contribution is -0.102. The predicted octanol–water partition coefficient (Wildman–Crippen LogP) is 12.1. The number of alkyl halides is 1. The van der Waals surface area contributed by atoms with Crippen LogP contribution in [0.5, 0.6) is 0 Å². The van der Waals surface area contributed by atoms with Crippen molar-refractivity contribution in [3.63, 3.8) is 0 Å². The first-order valence-electron chi connectivity index (χ1n) is 17.7. The summed E-state index contributed by atoms with van der Waals surface area (Å²) in [6.07, 6.45) is 12.5. The minimum absolute atomic E-state index is 0.139. The van der Waals surface area contributed by atoms with E-state index in [4.69, 9.17) is 8.85 Å². The molecule has 42 heavy (non-hydrogen) atoms. The van der Waals surface area contributed by atoms with Crippen LogP contribution in [0, 0.1) is 46.3 Å². The Labute approximate surface area is 278 Å². The Kier molecular flexibility index (Phi) is 10.0. The highest BCUT2D eigenvalue weighted by atomic mass is 127. The maximum atomic E-state index is 7.58. The van der Waals surface area contributed by atoms with Crippen LogP contribution in [0.2, 0.25) is 36.3 Å². The molecule has 244 valence electrons. The fourth-order valence-electron chi connectivity index (χ4n) is 9.78. The molecule has 4 aliphatic carbocycles. The van der Waals surface area contributed by atoms with Gasteiger partial charge in [-0.2, -0.15) is 0 Å². The number of halogens is 1. The van der Waals surface area contributed by atoms with Crippen LogP contribution in [0.25, 0.3) is 0 Å². The number of hydrogen-bond donors (Lipinski definition) is 0. The lowest BCUT2D eigenvalue weighted by atomic mass is 9.46. The molecule has 0 bridgehead atoms. The number of allylic oxidation sites excluding steroid dienone is 1. The zero-order valence-electron chi connectivity index (χ0n) is 30.4. The molecule has 0 spiro atoms. The molecule has 0 amide bonds. The van der Waals surface area contributed by atoms with Gasteiger partial charge < -0.3 is 8.85 Å². The molecule has 2 nitrogen and oxygen atoms in total. The van der Waals surface area contributed by atoms with Gasteiger partial charge in [0.05, 0.1) is 12.2 Å². The van der Waals surface area contributed by atoms with Crippen LogP contribution in [-0.4, -0.2) is 32.8 Å². The van der Waals surface area contributed by atoms with E-state index in [1.54, 1.807) is 5.57 Å². The van der Waals surface area contributed by atoms with Gasteiger partial charge in [-0.25, -0.2) is 0 Å². The van der Waals surface area contributed by atoms with Gasteiger partial charge in [-0.15, -0.1) is 0 Å². The summed E-state index contributed by atoms with van der Waals surface area (Å²) < 4.78 is 15.6. The molecule has 0 N–H and O–H groups in total. The lowest BCUT2D eigenvalue weighted by Gasteiger charge is -2.62. The van der Waals surface area contributed by atoms with Gasteiger partial charge in [0, 0.05) is 9.34 Å². The summed E-state index contributed by atoms with van der Waals surface area (Å²) in [5.41, 5.74) is 2.33. The summed E-state index contributed by atoms with van der Waals surface area (Å²) in [4.78, 5) is 0. The van der Waals surface area contributed by atoms with Crippen molar-refractivity contribution in [1.29, 1.82) is 0 Å². The van der Waals surface area contributed by atoms with E-state index < -0.39 is 16.6 Å². The van der Waals surface area contributed by atoms with E-state index in [9.17, 15) is 0 Å². The molecular formula is C37H69IO2Si2. The van der Waals surface area contributed by atoms with Gasteiger partial charge in [0.2, 0.25) is 0 Å². The molecule has 5 heteroatoms. The normalized spacial score (nSPS) is 39.3. The molecule has 10 atom stereocenters. The van der Waals surface area contributed by atoms with E-state index in [0.29, 0.717) is 11.5 Å². The molecule has 0 aromatic carbocycles. The summed E-state index contributed by atoms with van der Waals surface area (Å²) in [5, 5.41) is 0.437. The van der Waals surface area contributed by atoms with Gasteiger partial charge in [0.25, 0.3) is 0 Å². The first-order valence-corrected chi connectivity index (χ1v) is 24.7. The summed E-state index contributed by atoms with van der Waals surface area (Å²) in [6, 6.07) is 0. The molecule has 3 fully saturated rings. The summed E-state index contributed by atoms with van der Waals surface area (Å²) >= 11 is 2.79. The predicted molar refractivity (Wildman–Crippen MR) is 197 cm³/mol. The van der Waals surface area contributed by atoms with Gasteiger partial charge in [0.15, 0.2) is 16.6 Å². The van der Waals surface area contributed by atoms with Crippen LogP contribution in [0.1, 0.15) is 121 Å². The zero-order chi connectivity index (χ0) is 31.8. The second-order valence-electron chi connectivity index (χ2n) is 19.2. The van der Waals surface area contributed by atoms with Gasteiger partial charge in [0.1, 0.15) is 0 Å². The summed E-state index contributed by atoms with van der Waals surface area (Å²) in [5.74, 6) is 4.86. The van der Waals surface area contributed by atoms with E-state index in [1.165, 1.54) is 32.1 Å². The van der Waals surface area contributed by atoms with Gasteiger partial charge in [-0.1, -0.05) is 110 Å². The van der Waals surface area contributed by atoms with E-state index >= 15 is 0 Å². The second-order valence-corrected chi connectivity index (χ2v) is 30.2. The fourth-order valence-corrected chi connectivity index (χ4v) is 13.1. The largest absolute Gasteiger partial charge is 0.414 e. The van der Waals surface area contributed by atoms with Crippen molar-refractivity contribution in [2.75, 3.05) is 0 Å². The molecule has 0 aliphatic heterocycles. The van der Waals surface area contributed by atoms with Gasteiger partial charge in [-0.3, -0.25) is 0 Å². The topological polar surface area (TPSA) is 18.5 Å². The number of rotatable bonds is 7. The Morgan fingerprint density at radius 1 is 0.857 bits per heavy atom. The Bertz CT molecular complexity index is 1010. The molecule has 0 saturated heterocycles. The first kappa shape index (κ1) is 35.7. The van der Waals surface area contributed by atoms with E-state index in [1.807, 2.05) is 0 Å². The summed E-state index contributed by atoms with van der Waals surface area (Å²) in [7, 11) is -3.83. The monoisotopic (exact) mass is 728 g/mol. The smallest absolute Gasteiger partial charge is 0.192 e. The van der Waals surface area contributed by atoms with E-state index in [0.717, 1.165) is 52.3 Å².